The Morgan fingerprint density at radius 1 is 0.353 bits per heavy atom. The molecule has 0 unspecified atom stereocenters. The highest BCUT2D eigenvalue weighted by Gasteiger charge is 2.52. The van der Waals surface area contributed by atoms with E-state index in [1.807, 2.05) is 0 Å². The molecule has 332 valence electrons. The second-order valence-corrected chi connectivity index (χ2v) is 21.7. The molecule has 0 saturated carbocycles. The highest BCUT2D eigenvalue weighted by Crippen LogP contribution is 2.64. The van der Waals surface area contributed by atoms with Gasteiger partial charge in [-0.25, -0.2) is 0 Å². The largest absolute Gasteiger partial charge is 0.457 e. The molecule has 3 aliphatic rings. The zero-order valence-corrected chi connectivity index (χ0v) is 40.4. The van der Waals surface area contributed by atoms with E-state index in [2.05, 4.69) is 260 Å². The molecule has 9 aromatic carbocycles. The topological polar surface area (TPSA) is 12.5 Å². The Morgan fingerprint density at radius 3 is 1.49 bits per heavy atom. The van der Waals surface area contributed by atoms with E-state index in [0.717, 1.165) is 45.3 Å². The zero-order chi connectivity index (χ0) is 46.7. The van der Waals surface area contributed by atoms with Gasteiger partial charge in [-0.2, -0.15) is 0 Å². The lowest BCUT2D eigenvalue weighted by molar-refractivity contribution is 0.436. The minimum atomic E-state index is -0.659. The van der Waals surface area contributed by atoms with Crippen molar-refractivity contribution in [2.45, 2.75) is 77.0 Å². The fraction of sp³-hybridized carbons (Fsp3) is 0.182. The average Bonchev–Trinajstić information content (AvgIpc) is 3.76. The van der Waals surface area contributed by atoms with Crippen molar-refractivity contribution < 1.29 is 4.74 Å². The number of hydrogen-bond acceptors (Lipinski definition) is 2. The van der Waals surface area contributed by atoms with Gasteiger partial charge in [0, 0.05) is 33.5 Å². The van der Waals surface area contributed by atoms with Crippen LogP contribution in [0.5, 0.6) is 11.5 Å². The van der Waals surface area contributed by atoms with Crippen LogP contribution in [0.2, 0.25) is 0 Å². The summed E-state index contributed by atoms with van der Waals surface area (Å²) in [7, 11) is 0. The molecule has 2 heteroatoms. The standard InChI is InChI=1S/C66H57NO/c1-63(2,3)45-30-34-52-53-35-31-46(64(4,5)6)39-58(53)66(57(52)38-45)55-23-15-17-25-61(55)68-62-37-33-48(41-59(62)66)67(47-32-36-51-50-21-12-14-22-54(50)65(7,8)56(51)40-47)60-24-16-13-20-49(60)44-28-26-43(27-29-44)42-18-10-9-11-19-42/h9-41H,1-8H3. The van der Waals surface area contributed by atoms with E-state index in [-0.39, 0.29) is 16.2 Å². The quantitative estimate of drug-likeness (QED) is 0.171. The molecule has 0 radical (unpaired) electrons. The van der Waals surface area contributed by atoms with Gasteiger partial charge in [0.05, 0.1) is 11.1 Å². The van der Waals surface area contributed by atoms with Crippen LogP contribution in [-0.4, -0.2) is 0 Å². The lowest BCUT2D eigenvalue weighted by Gasteiger charge is -2.41. The number of para-hydroxylation sites is 2. The molecule has 0 atom stereocenters. The molecular weight excluding hydrogens is 823 g/mol. The fourth-order valence-corrected chi connectivity index (χ4v) is 11.6. The number of nitrogens with zero attached hydrogens (tertiary/aromatic N) is 1. The summed E-state index contributed by atoms with van der Waals surface area (Å²) < 4.78 is 7.08. The van der Waals surface area contributed by atoms with Crippen molar-refractivity contribution in [1.29, 1.82) is 0 Å². The third-order valence-electron chi connectivity index (χ3n) is 15.3. The molecule has 68 heavy (non-hydrogen) atoms. The highest BCUT2D eigenvalue weighted by atomic mass is 16.5. The van der Waals surface area contributed by atoms with E-state index >= 15 is 0 Å². The molecule has 0 fully saturated rings. The Balaban J connectivity index is 1.13. The maximum Gasteiger partial charge on any atom is 0.132 e. The van der Waals surface area contributed by atoms with Gasteiger partial charge < -0.3 is 9.64 Å². The van der Waals surface area contributed by atoms with E-state index in [4.69, 9.17) is 4.74 Å². The summed E-state index contributed by atoms with van der Waals surface area (Å²) in [4.78, 5) is 2.50. The van der Waals surface area contributed by atoms with Crippen LogP contribution in [0.25, 0.3) is 44.5 Å². The average molecular weight is 880 g/mol. The Labute approximate surface area is 402 Å². The molecule has 0 N–H and O–H groups in total. The van der Waals surface area contributed by atoms with Crippen LogP contribution < -0.4 is 9.64 Å². The first-order valence-corrected chi connectivity index (χ1v) is 24.2. The van der Waals surface area contributed by atoms with Crippen molar-refractivity contribution >= 4 is 17.1 Å². The Morgan fingerprint density at radius 2 is 0.824 bits per heavy atom. The van der Waals surface area contributed by atoms with Crippen LogP contribution in [0.15, 0.2) is 200 Å². The van der Waals surface area contributed by atoms with Crippen molar-refractivity contribution in [2.24, 2.45) is 0 Å². The van der Waals surface area contributed by atoms with Gasteiger partial charge in [-0.1, -0.05) is 213 Å². The summed E-state index contributed by atoms with van der Waals surface area (Å²) in [6, 6.07) is 74.9. The number of anilines is 3. The van der Waals surface area contributed by atoms with E-state index < -0.39 is 5.41 Å². The third kappa shape index (κ3) is 6.30. The van der Waals surface area contributed by atoms with Gasteiger partial charge in [0.15, 0.2) is 0 Å². The monoisotopic (exact) mass is 879 g/mol. The van der Waals surface area contributed by atoms with Crippen LogP contribution in [-0.2, 0) is 21.7 Å². The number of ether oxygens (including phenoxy) is 1. The van der Waals surface area contributed by atoms with Crippen molar-refractivity contribution in [3.8, 4) is 56.0 Å². The van der Waals surface area contributed by atoms with Crippen LogP contribution in [0.1, 0.15) is 99.9 Å². The first-order valence-electron chi connectivity index (χ1n) is 24.2. The fourth-order valence-electron chi connectivity index (χ4n) is 11.6. The third-order valence-corrected chi connectivity index (χ3v) is 15.3. The Kier molecular flexibility index (Phi) is 9.29. The van der Waals surface area contributed by atoms with Crippen molar-refractivity contribution in [1.82, 2.24) is 0 Å². The number of hydrogen-bond donors (Lipinski definition) is 0. The minimum Gasteiger partial charge on any atom is -0.457 e. The zero-order valence-electron chi connectivity index (χ0n) is 40.4. The van der Waals surface area contributed by atoms with Crippen LogP contribution in [0, 0.1) is 0 Å². The summed E-state index contributed by atoms with van der Waals surface area (Å²) in [6.07, 6.45) is 0. The van der Waals surface area contributed by atoms with E-state index in [1.165, 1.54) is 72.3 Å². The lowest BCUT2D eigenvalue weighted by atomic mass is 9.65. The van der Waals surface area contributed by atoms with Gasteiger partial charge in [-0.3, -0.25) is 0 Å². The Bertz CT molecular complexity index is 3400. The van der Waals surface area contributed by atoms with Gasteiger partial charge in [-0.05, 0) is 126 Å². The molecule has 0 aromatic heterocycles. The summed E-state index contributed by atoms with van der Waals surface area (Å²) >= 11 is 0. The van der Waals surface area contributed by atoms with Crippen LogP contribution in [0.4, 0.5) is 17.1 Å². The lowest BCUT2D eigenvalue weighted by Crippen LogP contribution is -2.33. The highest BCUT2D eigenvalue weighted by molar-refractivity contribution is 5.94. The predicted molar refractivity (Wildman–Crippen MR) is 284 cm³/mol. The molecule has 1 heterocycles. The van der Waals surface area contributed by atoms with E-state index in [9.17, 15) is 0 Å². The smallest absolute Gasteiger partial charge is 0.132 e. The molecular formula is C66H57NO. The second kappa shape index (κ2) is 15.0. The van der Waals surface area contributed by atoms with Gasteiger partial charge in [0.25, 0.3) is 0 Å². The molecule has 1 aliphatic heterocycles. The number of rotatable bonds is 5. The van der Waals surface area contributed by atoms with Crippen molar-refractivity contribution in [3.63, 3.8) is 0 Å². The normalized spacial score (nSPS) is 14.5. The first-order chi connectivity index (χ1) is 32.7. The molecule has 9 aromatic rings. The summed E-state index contributed by atoms with van der Waals surface area (Å²) in [6.45, 7) is 18.7. The molecule has 0 amide bonds. The molecule has 2 aliphatic carbocycles. The minimum absolute atomic E-state index is 0.0578. The molecule has 12 rings (SSSR count). The maximum atomic E-state index is 7.08. The molecule has 1 spiro atoms. The predicted octanol–water partition coefficient (Wildman–Crippen LogP) is 17.9. The maximum absolute atomic E-state index is 7.08. The van der Waals surface area contributed by atoms with Gasteiger partial charge >= 0.3 is 0 Å². The summed E-state index contributed by atoms with van der Waals surface area (Å²) in [5.41, 5.74) is 22.5. The van der Waals surface area contributed by atoms with Crippen LogP contribution in [0.3, 0.4) is 0 Å². The Hall–Kier alpha value is -7.42. The number of fused-ring (bicyclic) bond motifs is 12. The van der Waals surface area contributed by atoms with Crippen LogP contribution >= 0.6 is 0 Å². The van der Waals surface area contributed by atoms with E-state index in [1.54, 1.807) is 0 Å². The SMILES string of the molecule is CC(C)(C)c1ccc2c(c1)C1(c3ccccc3Oc3ccc(N(c4ccc5c(c4)C(C)(C)c4ccccc4-5)c4ccccc4-c4ccc(-c5ccccc5)cc4)cc31)c1cc(C(C)(C)C)ccc1-2. The van der Waals surface area contributed by atoms with Crippen molar-refractivity contribution in [2.75, 3.05) is 4.90 Å². The number of benzene rings is 9. The molecule has 0 bridgehead atoms. The second-order valence-electron chi connectivity index (χ2n) is 21.7. The van der Waals surface area contributed by atoms with Gasteiger partial charge in [-0.15, -0.1) is 0 Å². The molecule has 0 saturated heterocycles. The summed E-state index contributed by atoms with van der Waals surface area (Å²) in [5.74, 6) is 1.78. The first kappa shape index (κ1) is 42.0. The van der Waals surface area contributed by atoms with Gasteiger partial charge in [0.2, 0.25) is 0 Å². The summed E-state index contributed by atoms with van der Waals surface area (Å²) in [5, 5.41) is 0. The molecule has 2 nitrogen and oxygen atoms in total. The van der Waals surface area contributed by atoms with Gasteiger partial charge in [0.1, 0.15) is 11.5 Å². The van der Waals surface area contributed by atoms with E-state index in [0.29, 0.717) is 0 Å². The van der Waals surface area contributed by atoms with Crippen molar-refractivity contribution in [3.05, 3.63) is 245 Å².